The monoisotopic (exact) mass is 411 g/mol. The third kappa shape index (κ3) is 6.22. The standard InChI is InChI=1S/C21H20ClN3O2.C2H6/c1-2-23-21(27)20-19(26)11-16(13-25-20)15-4-3-5-18(10-15)24-12-14-6-8-17(22)9-7-14;1-2/h3-11,13,24,26H,2,12H2,1H3,(H,23,27);1-2H3. The second-order valence-corrected chi connectivity index (χ2v) is 6.45. The molecule has 0 aliphatic carbocycles. The molecule has 6 heteroatoms. The highest BCUT2D eigenvalue weighted by Crippen LogP contribution is 2.27. The molecule has 0 atom stereocenters. The average molecular weight is 412 g/mol. The van der Waals surface area contributed by atoms with Crippen molar-refractivity contribution in [3.63, 3.8) is 0 Å². The highest BCUT2D eigenvalue weighted by molar-refractivity contribution is 6.30. The minimum absolute atomic E-state index is 0.0256. The number of hydrogen-bond donors (Lipinski definition) is 3. The van der Waals surface area contributed by atoms with Gasteiger partial charge in [0.2, 0.25) is 0 Å². The number of hydrogen-bond acceptors (Lipinski definition) is 4. The first-order valence-electron chi connectivity index (χ1n) is 9.63. The van der Waals surface area contributed by atoms with Crippen molar-refractivity contribution in [2.75, 3.05) is 11.9 Å². The van der Waals surface area contributed by atoms with Crippen LogP contribution >= 0.6 is 11.6 Å². The van der Waals surface area contributed by atoms with E-state index < -0.39 is 0 Å². The summed E-state index contributed by atoms with van der Waals surface area (Å²) in [5.41, 5.74) is 3.71. The minimum atomic E-state index is -0.389. The molecule has 0 unspecified atom stereocenters. The molecule has 0 aliphatic rings. The minimum Gasteiger partial charge on any atom is -0.505 e. The lowest BCUT2D eigenvalue weighted by atomic mass is 10.1. The Labute approximate surface area is 176 Å². The highest BCUT2D eigenvalue weighted by atomic mass is 35.5. The van der Waals surface area contributed by atoms with E-state index in [1.54, 1.807) is 12.3 Å². The smallest absolute Gasteiger partial charge is 0.273 e. The van der Waals surface area contributed by atoms with E-state index in [-0.39, 0.29) is 17.4 Å². The number of nitrogens with one attached hydrogen (secondary N) is 2. The van der Waals surface area contributed by atoms with Gasteiger partial charge in [0.15, 0.2) is 5.69 Å². The fourth-order valence-corrected chi connectivity index (χ4v) is 2.77. The van der Waals surface area contributed by atoms with Gasteiger partial charge in [0.25, 0.3) is 5.91 Å². The molecule has 0 radical (unpaired) electrons. The maximum Gasteiger partial charge on any atom is 0.273 e. The van der Waals surface area contributed by atoms with Gasteiger partial charge in [-0.2, -0.15) is 0 Å². The summed E-state index contributed by atoms with van der Waals surface area (Å²) in [6, 6.07) is 17.0. The van der Waals surface area contributed by atoms with E-state index in [2.05, 4.69) is 15.6 Å². The summed E-state index contributed by atoms with van der Waals surface area (Å²) < 4.78 is 0. The van der Waals surface area contributed by atoms with Crippen molar-refractivity contribution < 1.29 is 9.90 Å². The molecule has 1 amide bonds. The van der Waals surface area contributed by atoms with Gasteiger partial charge in [0.1, 0.15) is 5.75 Å². The molecular weight excluding hydrogens is 386 g/mol. The quantitative estimate of drug-likeness (QED) is 0.501. The third-order valence-corrected chi connectivity index (χ3v) is 4.28. The highest BCUT2D eigenvalue weighted by Gasteiger charge is 2.13. The van der Waals surface area contributed by atoms with Crippen LogP contribution in [0.15, 0.2) is 60.8 Å². The van der Waals surface area contributed by atoms with Crippen LogP contribution in [0.1, 0.15) is 36.8 Å². The lowest BCUT2D eigenvalue weighted by Gasteiger charge is -2.10. The number of aromatic nitrogens is 1. The van der Waals surface area contributed by atoms with Crippen LogP contribution in [0.25, 0.3) is 11.1 Å². The first-order valence-corrected chi connectivity index (χ1v) is 10.0. The van der Waals surface area contributed by atoms with Crippen molar-refractivity contribution in [1.82, 2.24) is 10.3 Å². The van der Waals surface area contributed by atoms with Crippen molar-refractivity contribution >= 4 is 23.2 Å². The molecule has 1 aromatic heterocycles. The number of benzene rings is 2. The molecule has 3 aromatic rings. The maximum atomic E-state index is 11.9. The van der Waals surface area contributed by atoms with Gasteiger partial charge < -0.3 is 15.7 Å². The molecule has 5 nitrogen and oxygen atoms in total. The number of amides is 1. The molecule has 3 rings (SSSR count). The molecule has 152 valence electrons. The van der Waals surface area contributed by atoms with Crippen LogP contribution < -0.4 is 10.6 Å². The zero-order valence-electron chi connectivity index (χ0n) is 16.9. The van der Waals surface area contributed by atoms with Crippen LogP contribution in [0, 0.1) is 0 Å². The van der Waals surface area contributed by atoms with Gasteiger partial charge in [-0.05, 0) is 48.4 Å². The van der Waals surface area contributed by atoms with Crippen molar-refractivity contribution in [3.05, 3.63) is 77.1 Å². The molecule has 0 bridgehead atoms. The van der Waals surface area contributed by atoms with Crippen LogP contribution in [-0.2, 0) is 6.54 Å². The molecular formula is C23H26ClN3O2. The molecule has 2 aromatic carbocycles. The molecule has 3 N–H and O–H groups in total. The van der Waals surface area contributed by atoms with Gasteiger partial charge in [-0.25, -0.2) is 4.98 Å². The van der Waals surface area contributed by atoms with E-state index in [1.165, 1.54) is 0 Å². The van der Waals surface area contributed by atoms with Crippen molar-refractivity contribution in [2.24, 2.45) is 0 Å². The predicted molar refractivity (Wildman–Crippen MR) is 119 cm³/mol. The Morgan fingerprint density at radius 2 is 1.79 bits per heavy atom. The fourth-order valence-electron chi connectivity index (χ4n) is 2.65. The number of carbonyl (C=O) groups is 1. The molecule has 0 saturated carbocycles. The average Bonchev–Trinajstić information content (AvgIpc) is 2.75. The summed E-state index contributed by atoms with van der Waals surface area (Å²) in [6.45, 7) is 6.95. The van der Waals surface area contributed by atoms with E-state index in [9.17, 15) is 9.90 Å². The Morgan fingerprint density at radius 3 is 2.45 bits per heavy atom. The number of pyridine rings is 1. The second-order valence-electron chi connectivity index (χ2n) is 6.01. The van der Waals surface area contributed by atoms with Gasteiger partial charge in [-0.1, -0.05) is 49.7 Å². The first kappa shape index (κ1) is 22.2. The molecule has 1 heterocycles. The fraction of sp³-hybridized carbons (Fsp3) is 0.217. The van der Waals surface area contributed by atoms with E-state index in [4.69, 9.17) is 11.6 Å². The lowest BCUT2D eigenvalue weighted by Crippen LogP contribution is -2.23. The van der Waals surface area contributed by atoms with Crippen LogP contribution in [-0.4, -0.2) is 22.5 Å². The molecule has 29 heavy (non-hydrogen) atoms. The Hall–Kier alpha value is -3.05. The van der Waals surface area contributed by atoms with Crippen molar-refractivity contribution in [2.45, 2.75) is 27.3 Å². The number of carbonyl (C=O) groups excluding carboxylic acids is 1. The predicted octanol–water partition coefficient (Wildman–Crippen LogP) is 5.50. The Kier molecular flexibility index (Phi) is 8.49. The van der Waals surface area contributed by atoms with Crippen LogP contribution in [0.3, 0.4) is 0 Å². The zero-order chi connectivity index (χ0) is 21.2. The summed E-state index contributed by atoms with van der Waals surface area (Å²) in [7, 11) is 0. The number of aromatic hydroxyl groups is 1. The largest absolute Gasteiger partial charge is 0.505 e. The first-order chi connectivity index (χ1) is 14.1. The van der Waals surface area contributed by atoms with Gasteiger partial charge in [0.05, 0.1) is 0 Å². The lowest BCUT2D eigenvalue weighted by molar-refractivity contribution is 0.0948. The van der Waals surface area contributed by atoms with Gasteiger partial charge in [0, 0.05) is 35.6 Å². The second kappa shape index (κ2) is 11.1. The summed E-state index contributed by atoms with van der Waals surface area (Å²) in [5.74, 6) is -0.530. The maximum absolute atomic E-state index is 11.9. The number of halogens is 1. The Bertz CT molecular complexity index is 943. The summed E-state index contributed by atoms with van der Waals surface area (Å²) in [5, 5.41) is 16.8. The van der Waals surface area contributed by atoms with Gasteiger partial charge >= 0.3 is 0 Å². The van der Waals surface area contributed by atoms with E-state index in [0.717, 1.165) is 22.4 Å². The van der Waals surface area contributed by atoms with E-state index in [1.807, 2.05) is 69.3 Å². The number of nitrogens with zero attached hydrogens (tertiary/aromatic N) is 1. The third-order valence-electron chi connectivity index (χ3n) is 4.03. The number of anilines is 1. The summed E-state index contributed by atoms with van der Waals surface area (Å²) in [4.78, 5) is 16.0. The molecule has 0 saturated heterocycles. The summed E-state index contributed by atoms with van der Waals surface area (Å²) >= 11 is 5.91. The van der Waals surface area contributed by atoms with Crippen LogP contribution in [0.4, 0.5) is 5.69 Å². The van der Waals surface area contributed by atoms with E-state index in [0.29, 0.717) is 18.1 Å². The SMILES string of the molecule is CC.CCNC(=O)c1ncc(-c2cccc(NCc3ccc(Cl)cc3)c2)cc1O. The number of rotatable bonds is 6. The van der Waals surface area contributed by atoms with Crippen LogP contribution in [0.2, 0.25) is 5.02 Å². The van der Waals surface area contributed by atoms with Gasteiger partial charge in [-0.3, -0.25) is 4.79 Å². The molecule has 0 aliphatic heterocycles. The molecule has 0 fully saturated rings. The topological polar surface area (TPSA) is 74.2 Å². The normalized spacial score (nSPS) is 9.93. The Balaban J connectivity index is 0.00000145. The van der Waals surface area contributed by atoms with Crippen molar-refractivity contribution in [1.29, 1.82) is 0 Å². The van der Waals surface area contributed by atoms with Crippen molar-refractivity contribution in [3.8, 4) is 16.9 Å². The van der Waals surface area contributed by atoms with Gasteiger partial charge in [-0.15, -0.1) is 0 Å². The summed E-state index contributed by atoms with van der Waals surface area (Å²) in [6.07, 6.45) is 1.59. The Morgan fingerprint density at radius 1 is 1.07 bits per heavy atom. The zero-order valence-corrected chi connectivity index (χ0v) is 17.6. The van der Waals surface area contributed by atoms with E-state index >= 15 is 0 Å². The van der Waals surface area contributed by atoms with Crippen LogP contribution in [0.5, 0.6) is 5.75 Å². The molecule has 0 spiro atoms.